The molecule has 1 aliphatic rings. The molecule has 118 valence electrons. The Balaban J connectivity index is 2.01. The summed E-state index contributed by atoms with van der Waals surface area (Å²) < 4.78 is 10.6. The molecule has 1 aromatic carbocycles. The van der Waals surface area contributed by atoms with Crippen LogP contribution in [0.25, 0.3) is 0 Å². The fourth-order valence-electron chi connectivity index (χ4n) is 2.35. The quantitative estimate of drug-likeness (QED) is 0.472. The van der Waals surface area contributed by atoms with E-state index in [1.807, 2.05) is 18.2 Å². The topological polar surface area (TPSA) is 111 Å². The highest BCUT2D eigenvalue weighted by Crippen LogP contribution is 2.25. The average Bonchev–Trinajstić information content (AvgIpc) is 2.52. The summed E-state index contributed by atoms with van der Waals surface area (Å²) in [5.41, 5.74) is 0.719. The third-order valence-electron chi connectivity index (χ3n) is 3.59. The Morgan fingerprint density at radius 3 is 2.43 bits per heavy atom. The Morgan fingerprint density at radius 1 is 1.10 bits per heavy atom. The Morgan fingerprint density at radius 2 is 1.76 bits per heavy atom. The van der Waals surface area contributed by atoms with Crippen molar-refractivity contribution in [1.29, 1.82) is 0 Å². The minimum absolute atomic E-state index is 0.196. The third-order valence-corrected chi connectivity index (χ3v) is 3.59. The molecule has 2 rings (SSSR count). The average molecular weight is 299 g/mol. The molecule has 0 bridgehead atoms. The summed E-state index contributed by atoms with van der Waals surface area (Å²) in [5.74, 6) is 0.641. The van der Waals surface area contributed by atoms with Crippen LogP contribution in [0.15, 0.2) is 24.3 Å². The van der Waals surface area contributed by atoms with Gasteiger partial charge in [0.25, 0.3) is 0 Å². The Bertz CT molecular complexity index is 455. The second kappa shape index (κ2) is 7.06. The van der Waals surface area contributed by atoms with Crippen molar-refractivity contribution < 1.29 is 29.9 Å². The van der Waals surface area contributed by atoms with Gasteiger partial charge >= 0.3 is 0 Å². The van der Waals surface area contributed by atoms with E-state index in [-0.39, 0.29) is 6.54 Å². The number of rotatable bonds is 5. The summed E-state index contributed by atoms with van der Waals surface area (Å²) in [5, 5.41) is 41.6. The summed E-state index contributed by atoms with van der Waals surface area (Å²) >= 11 is 0. The first-order valence-electron chi connectivity index (χ1n) is 6.76. The maximum atomic E-state index is 9.94. The molecule has 0 spiro atoms. The summed E-state index contributed by atoms with van der Waals surface area (Å²) in [6.45, 7) is -0.238. The van der Waals surface area contributed by atoms with Crippen LogP contribution in [-0.2, 0) is 4.74 Å². The van der Waals surface area contributed by atoms with Crippen LogP contribution in [0.2, 0.25) is 0 Å². The number of hydrogen-bond donors (Lipinski definition) is 5. The molecule has 0 aliphatic carbocycles. The molecule has 1 aliphatic heterocycles. The van der Waals surface area contributed by atoms with Gasteiger partial charge in [-0.2, -0.15) is 0 Å². The molecule has 1 saturated heterocycles. The molecule has 0 aromatic heterocycles. The maximum Gasteiger partial charge on any atom is 0.141 e. The zero-order valence-corrected chi connectivity index (χ0v) is 11.7. The normalized spacial score (nSPS) is 32.7. The molecule has 21 heavy (non-hydrogen) atoms. The van der Waals surface area contributed by atoms with Gasteiger partial charge in [0, 0.05) is 6.54 Å². The van der Waals surface area contributed by atoms with Gasteiger partial charge in [-0.3, -0.25) is 0 Å². The summed E-state index contributed by atoms with van der Waals surface area (Å²) in [6.07, 6.45) is -5.60. The Kier molecular flexibility index (Phi) is 5.38. The van der Waals surface area contributed by atoms with Gasteiger partial charge in [0.2, 0.25) is 0 Å². The minimum Gasteiger partial charge on any atom is -0.495 e. The molecule has 0 radical (unpaired) electrons. The largest absolute Gasteiger partial charge is 0.495 e. The Hall–Kier alpha value is -1.38. The van der Waals surface area contributed by atoms with Gasteiger partial charge in [0.15, 0.2) is 0 Å². The van der Waals surface area contributed by atoms with E-state index in [0.29, 0.717) is 5.75 Å². The number of aliphatic hydroxyl groups is 4. The number of nitrogens with one attached hydrogen (secondary N) is 1. The van der Waals surface area contributed by atoms with Crippen LogP contribution in [0.5, 0.6) is 5.75 Å². The van der Waals surface area contributed by atoms with Gasteiger partial charge in [0.1, 0.15) is 36.3 Å². The number of para-hydroxylation sites is 2. The summed E-state index contributed by atoms with van der Waals surface area (Å²) in [7, 11) is 1.55. The van der Waals surface area contributed by atoms with E-state index in [1.165, 1.54) is 0 Å². The van der Waals surface area contributed by atoms with Crippen molar-refractivity contribution in [1.82, 2.24) is 0 Å². The van der Waals surface area contributed by atoms with Gasteiger partial charge in [-0.1, -0.05) is 12.1 Å². The van der Waals surface area contributed by atoms with Crippen LogP contribution < -0.4 is 10.1 Å². The molecule has 5 atom stereocenters. The lowest BCUT2D eigenvalue weighted by molar-refractivity contribution is -0.225. The van der Waals surface area contributed by atoms with Crippen molar-refractivity contribution in [3.05, 3.63) is 24.3 Å². The highest BCUT2D eigenvalue weighted by Gasteiger charge is 2.43. The zero-order chi connectivity index (χ0) is 15.4. The van der Waals surface area contributed by atoms with Crippen LogP contribution in [0.4, 0.5) is 5.69 Å². The fourth-order valence-corrected chi connectivity index (χ4v) is 2.35. The monoisotopic (exact) mass is 299 g/mol. The summed E-state index contributed by atoms with van der Waals surface area (Å²) in [6, 6.07) is 7.26. The second-order valence-corrected chi connectivity index (χ2v) is 4.95. The first-order valence-corrected chi connectivity index (χ1v) is 6.76. The molecule has 1 unspecified atom stereocenters. The first kappa shape index (κ1) is 16.0. The van der Waals surface area contributed by atoms with E-state index in [4.69, 9.17) is 14.6 Å². The fraction of sp³-hybridized carbons (Fsp3) is 0.571. The van der Waals surface area contributed by atoms with Crippen molar-refractivity contribution in [3.63, 3.8) is 0 Å². The van der Waals surface area contributed by atoms with E-state index in [9.17, 15) is 15.3 Å². The van der Waals surface area contributed by atoms with Crippen LogP contribution >= 0.6 is 0 Å². The molecular weight excluding hydrogens is 278 g/mol. The SMILES string of the molecule is COc1ccccc1NCC1O[C@H](CO)[C@@H](O)[C@H](O)[C@H]1O. The number of hydrogen-bond acceptors (Lipinski definition) is 7. The van der Waals surface area contributed by atoms with Crippen molar-refractivity contribution in [2.75, 3.05) is 25.6 Å². The number of ether oxygens (including phenoxy) is 2. The highest BCUT2D eigenvalue weighted by molar-refractivity contribution is 5.56. The lowest BCUT2D eigenvalue weighted by Crippen LogP contribution is -2.60. The Labute approximate surface area is 122 Å². The first-order chi connectivity index (χ1) is 10.1. The molecule has 1 aromatic rings. The van der Waals surface area contributed by atoms with E-state index in [0.717, 1.165) is 5.69 Å². The standard InChI is InChI=1S/C14H21NO6/c1-20-9-5-3-2-4-8(9)15-6-10-12(17)14(19)13(18)11(7-16)21-10/h2-5,10-19H,6-7H2,1H3/t10?,11-,12+,13-,14-/m1/s1. The van der Waals surface area contributed by atoms with Gasteiger partial charge in [0.05, 0.1) is 19.4 Å². The molecule has 0 saturated carbocycles. The molecule has 1 heterocycles. The highest BCUT2D eigenvalue weighted by atomic mass is 16.5. The molecule has 7 heteroatoms. The molecule has 0 amide bonds. The zero-order valence-electron chi connectivity index (χ0n) is 11.7. The summed E-state index contributed by atoms with van der Waals surface area (Å²) in [4.78, 5) is 0. The lowest BCUT2D eigenvalue weighted by atomic mass is 9.95. The predicted octanol–water partition coefficient (Wildman–Crippen LogP) is -1.05. The van der Waals surface area contributed by atoms with Crippen molar-refractivity contribution in [2.45, 2.75) is 30.5 Å². The molecular formula is C14H21NO6. The number of aliphatic hydroxyl groups excluding tert-OH is 4. The minimum atomic E-state index is -1.36. The van der Waals surface area contributed by atoms with E-state index < -0.39 is 37.1 Å². The van der Waals surface area contributed by atoms with Crippen molar-refractivity contribution in [3.8, 4) is 5.75 Å². The van der Waals surface area contributed by atoms with Crippen LogP contribution in [-0.4, -0.2) is 71.2 Å². The molecule has 1 fully saturated rings. The van der Waals surface area contributed by atoms with Gasteiger partial charge in [-0.25, -0.2) is 0 Å². The van der Waals surface area contributed by atoms with Crippen LogP contribution in [0.1, 0.15) is 0 Å². The second-order valence-electron chi connectivity index (χ2n) is 4.95. The molecule has 5 N–H and O–H groups in total. The maximum absolute atomic E-state index is 9.94. The van der Waals surface area contributed by atoms with Gasteiger partial charge in [-0.15, -0.1) is 0 Å². The van der Waals surface area contributed by atoms with Crippen LogP contribution in [0, 0.1) is 0 Å². The number of methoxy groups -OCH3 is 1. The van der Waals surface area contributed by atoms with Crippen LogP contribution in [0.3, 0.4) is 0 Å². The van der Waals surface area contributed by atoms with Gasteiger partial charge in [-0.05, 0) is 12.1 Å². The predicted molar refractivity (Wildman–Crippen MR) is 75.3 cm³/mol. The van der Waals surface area contributed by atoms with Gasteiger partial charge < -0.3 is 35.2 Å². The lowest BCUT2D eigenvalue weighted by Gasteiger charge is -2.40. The number of anilines is 1. The van der Waals surface area contributed by atoms with E-state index in [1.54, 1.807) is 13.2 Å². The number of benzene rings is 1. The smallest absolute Gasteiger partial charge is 0.141 e. The van der Waals surface area contributed by atoms with E-state index >= 15 is 0 Å². The molecule has 7 nitrogen and oxygen atoms in total. The van der Waals surface area contributed by atoms with Crippen molar-refractivity contribution in [2.24, 2.45) is 0 Å². The third kappa shape index (κ3) is 3.45. The van der Waals surface area contributed by atoms with Crippen molar-refractivity contribution >= 4 is 5.69 Å². The van der Waals surface area contributed by atoms with E-state index in [2.05, 4.69) is 5.32 Å².